The summed E-state index contributed by atoms with van der Waals surface area (Å²) in [5, 5.41) is 22.5. The summed E-state index contributed by atoms with van der Waals surface area (Å²) in [7, 11) is 0. The summed E-state index contributed by atoms with van der Waals surface area (Å²) in [6, 6.07) is -1.26. The van der Waals surface area contributed by atoms with Gasteiger partial charge in [0.05, 0.1) is 6.10 Å². The van der Waals surface area contributed by atoms with Crippen molar-refractivity contribution in [2.24, 2.45) is 46.3 Å². The van der Waals surface area contributed by atoms with E-state index in [4.69, 9.17) is 9.94 Å². The Bertz CT molecular complexity index is 1110. The summed E-state index contributed by atoms with van der Waals surface area (Å²) in [6.07, 6.45) is 10.5. The molecule has 1 aliphatic heterocycles. The number of carboxylic acid groups (broad SMARTS) is 1. The van der Waals surface area contributed by atoms with Crippen LogP contribution in [-0.4, -0.2) is 57.1 Å². The maximum absolute atomic E-state index is 13.0. The molecular formula is C33H50N2O8. The second kappa shape index (κ2) is 12.5. The zero-order chi connectivity index (χ0) is 31.1. The van der Waals surface area contributed by atoms with Crippen molar-refractivity contribution >= 4 is 29.7 Å². The van der Waals surface area contributed by atoms with E-state index in [1.807, 2.05) is 0 Å². The molecule has 3 amide bonds. The molecule has 0 spiro atoms. The molecule has 4 saturated carbocycles. The summed E-state index contributed by atoms with van der Waals surface area (Å²) in [5.41, 5.74) is 0.593. The second-order valence-electron chi connectivity index (χ2n) is 14.9. The largest absolute Gasteiger partial charge is 0.481 e. The topological polar surface area (TPSA) is 150 Å². The molecule has 1 saturated heterocycles. The second-order valence-corrected chi connectivity index (χ2v) is 14.9. The van der Waals surface area contributed by atoms with E-state index in [1.54, 1.807) is 0 Å². The molecule has 0 radical (unpaired) electrons. The van der Waals surface area contributed by atoms with Crippen LogP contribution in [0, 0.1) is 46.3 Å². The standard InChI is InChI=1S/C33H50N2O8/c1-19(4-10-27(37)34-26(9-13-30(40)41)31(42)43-35-28(38)11-12-29(35)39)23-7-8-24-22-6-5-20-18-21(36)14-16-32(20,2)25(22)15-17-33(23,24)3/h19-26,36H,4-18H2,1-3H3,(H,34,37)(H,40,41)/t19-,20?,21-,22?,23-,24?,25?,26+,32+,33-/m1/s1. The number of nitrogens with zero attached hydrogens (tertiary/aromatic N) is 1. The molecule has 4 unspecified atom stereocenters. The van der Waals surface area contributed by atoms with E-state index in [-0.39, 0.29) is 49.5 Å². The van der Waals surface area contributed by atoms with Gasteiger partial charge in [-0.25, -0.2) is 4.79 Å². The van der Waals surface area contributed by atoms with Crippen molar-refractivity contribution in [3.8, 4) is 0 Å². The Labute approximate surface area is 254 Å². The number of amides is 3. The third kappa shape index (κ3) is 6.22. The van der Waals surface area contributed by atoms with Crippen LogP contribution in [0.25, 0.3) is 0 Å². The lowest BCUT2D eigenvalue weighted by molar-refractivity contribution is -0.199. The van der Waals surface area contributed by atoms with E-state index in [9.17, 15) is 29.1 Å². The monoisotopic (exact) mass is 602 g/mol. The molecule has 240 valence electrons. The number of hydrogen-bond acceptors (Lipinski definition) is 7. The van der Waals surface area contributed by atoms with Gasteiger partial charge in [-0.3, -0.25) is 19.2 Å². The number of carbonyl (C=O) groups is 5. The highest BCUT2D eigenvalue weighted by Gasteiger charge is 2.60. The van der Waals surface area contributed by atoms with Gasteiger partial charge in [0.1, 0.15) is 6.04 Å². The highest BCUT2D eigenvalue weighted by molar-refractivity contribution is 6.02. The highest BCUT2D eigenvalue weighted by atomic mass is 16.7. The number of aliphatic carboxylic acids is 1. The first-order valence-corrected chi connectivity index (χ1v) is 16.6. The predicted molar refractivity (Wildman–Crippen MR) is 156 cm³/mol. The Morgan fingerprint density at radius 3 is 2.30 bits per heavy atom. The van der Waals surface area contributed by atoms with Crippen LogP contribution in [0.4, 0.5) is 0 Å². The molecule has 5 fully saturated rings. The zero-order valence-corrected chi connectivity index (χ0v) is 26.0. The fraction of sp³-hybridized carbons (Fsp3) is 0.848. The number of carboxylic acids is 1. The molecule has 0 bridgehead atoms. The quantitative estimate of drug-likeness (QED) is 0.312. The van der Waals surface area contributed by atoms with Crippen LogP contribution in [0.2, 0.25) is 0 Å². The first kappa shape index (κ1) is 31.9. The number of carbonyl (C=O) groups excluding carboxylic acids is 4. The van der Waals surface area contributed by atoms with Crippen LogP contribution >= 0.6 is 0 Å². The fourth-order valence-corrected chi connectivity index (χ4v) is 10.4. The Morgan fingerprint density at radius 2 is 1.60 bits per heavy atom. The zero-order valence-electron chi connectivity index (χ0n) is 26.0. The number of imide groups is 1. The number of aliphatic hydroxyl groups is 1. The molecule has 0 aromatic rings. The molecule has 3 N–H and O–H groups in total. The van der Waals surface area contributed by atoms with Crippen molar-refractivity contribution in [3.63, 3.8) is 0 Å². The van der Waals surface area contributed by atoms with Gasteiger partial charge in [0, 0.05) is 25.7 Å². The molecule has 4 aliphatic carbocycles. The van der Waals surface area contributed by atoms with Crippen LogP contribution in [-0.2, 0) is 28.8 Å². The van der Waals surface area contributed by atoms with Crippen molar-refractivity contribution in [2.75, 3.05) is 0 Å². The number of fused-ring (bicyclic) bond motifs is 5. The SMILES string of the molecule is C[C@H](CCC(=O)N[C@@H](CCC(=O)O)C(=O)ON1C(=O)CCC1=O)[C@H]1CCC2C3CCC4C[C@H](O)CC[C@]4(C)C3CC[C@@]21C. The van der Waals surface area contributed by atoms with E-state index >= 15 is 0 Å². The molecule has 5 aliphatic rings. The molecular weight excluding hydrogens is 552 g/mol. The van der Waals surface area contributed by atoms with Gasteiger partial charge in [-0.15, -0.1) is 5.06 Å². The lowest BCUT2D eigenvalue weighted by Gasteiger charge is -2.61. The summed E-state index contributed by atoms with van der Waals surface area (Å²) in [6.45, 7) is 7.23. The fourth-order valence-electron chi connectivity index (χ4n) is 10.4. The molecule has 10 nitrogen and oxygen atoms in total. The first-order chi connectivity index (χ1) is 20.3. The molecule has 1 heterocycles. The van der Waals surface area contributed by atoms with Crippen molar-refractivity contribution < 1.29 is 39.0 Å². The third-order valence-electron chi connectivity index (χ3n) is 12.7. The van der Waals surface area contributed by atoms with Gasteiger partial charge in [0.15, 0.2) is 0 Å². The lowest BCUT2D eigenvalue weighted by atomic mass is 9.44. The highest BCUT2D eigenvalue weighted by Crippen LogP contribution is 2.68. The summed E-state index contributed by atoms with van der Waals surface area (Å²) in [4.78, 5) is 65.6. The average Bonchev–Trinajstić information content (AvgIpc) is 3.48. The third-order valence-corrected chi connectivity index (χ3v) is 12.7. The molecule has 43 heavy (non-hydrogen) atoms. The number of hydrogen-bond donors (Lipinski definition) is 3. The molecule has 10 heteroatoms. The van der Waals surface area contributed by atoms with Gasteiger partial charge >= 0.3 is 11.9 Å². The van der Waals surface area contributed by atoms with Gasteiger partial charge in [-0.1, -0.05) is 20.8 Å². The maximum Gasteiger partial charge on any atom is 0.355 e. The first-order valence-electron chi connectivity index (χ1n) is 16.6. The number of rotatable bonds is 10. The van der Waals surface area contributed by atoms with Crippen molar-refractivity contribution in [1.29, 1.82) is 0 Å². The molecule has 0 aromatic heterocycles. The van der Waals surface area contributed by atoms with Gasteiger partial charge < -0.3 is 20.4 Å². The normalized spacial score (nSPS) is 38.5. The summed E-state index contributed by atoms with van der Waals surface area (Å²) >= 11 is 0. The smallest absolute Gasteiger partial charge is 0.355 e. The van der Waals surface area contributed by atoms with Crippen LogP contribution < -0.4 is 5.32 Å². The minimum atomic E-state index is -1.26. The minimum absolute atomic E-state index is 0.0531. The van der Waals surface area contributed by atoms with E-state index in [0.717, 1.165) is 37.5 Å². The number of nitrogens with one attached hydrogen (secondary N) is 1. The van der Waals surface area contributed by atoms with E-state index in [2.05, 4.69) is 26.1 Å². The van der Waals surface area contributed by atoms with E-state index in [1.165, 1.54) is 32.1 Å². The van der Waals surface area contributed by atoms with Crippen molar-refractivity contribution in [1.82, 2.24) is 10.4 Å². The number of aliphatic hydroxyl groups excluding tert-OH is 1. The molecule has 0 aromatic carbocycles. The van der Waals surface area contributed by atoms with Crippen LogP contribution in [0.15, 0.2) is 0 Å². The summed E-state index contributed by atoms with van der Waals surface area (Å²) < 4.78 is 0. The van der Waals surface area contributed by atoms with Crippen LogP contribution in [0.1, 0.15) is 117 Å². The predicted octanol–water partition coefficient (Wildman–Crippen LogP) is 4.38. The van der Waals surface area contributed by atoms with Crippen LogP contribution in [0.3, 0.4) is 0 Å². The maximum atomic E-state index is 13.0. The van der Waals surface area contributed by atoms with Gasteiger partial charge in [-0.05, 0) is 117 Å². The Hall–Kier alpha value is -2.49. The Balaban J connectivity index is 1.17. The molecule has 10 atom stereocenters. The van der Waals surface area contributed by atoms with Gasteiger partial charge in [-0.2, -0.15) is 0 Å². The Morgan fingerprint density at radius 1 is 0.930 bits per heavy atom. The summed E-state index contributed by atoms with van der Waals surface area (Å²) in [5.74, 6) is -0.110. The average molecular weight is 603 g/mol. The minimum Gasteiger partial charge on any atom is -0.481 e. The van der Waals surface area contributed by atoms with Crippen LogP contribution in [0.5, 0.6) is 0 Å². The Kier molecular flexibility index (Phi) is 9.27. The van der Waals surface area contributed by atoms with Crippen molar-refractivity contribution in [3.05, 3.63) is 0 Å². The van der Waals surface area contributed by atoms with E-state index < -0.39 is 29.8 Å². The van der Waals surface area contributed by atoms with Crippen molar-refractivity contribution in [2.45, 2.75) is 129 Å². The van der Waals surface area contributed by atoms with Gasteiger partial charge in [0.25, 0.3) is 11.8 Å². The number of hydroxylamine groups is 2. The van der Waals surface area contributed by atoms with Gasteiger partial charge in [0.2, 0.25) is 5.91 Å². The van der Waals surface area contributed by atoms with E-state index in [0.29, 0.717) is 40.6 Å². The molecule has 5 rings (SSSR count). The lowest BCUT2D eigenvalue weighted by Crippen LogP contribution is -2.54.